The van der Waals surface area contributed by atoms with Gasteiger partial charge in [0.1, 0.15) is 0 Å². The van der Waals surface area contributed by atoms with Crippen molar-refractivity contribution in [3.63, 3.8) is 0 Å². The fourth-order valence-electron chi connectivity index (χ4n) is 2.94. The van der Waals surface area contributed by atoms with Gasteiger partial charge in [-0.05, 0) is 47.3 Å². The molecule has 0 radical (unpaired) electrons. The van der Waals surface area contributed by atoms with Gasteiger partial charge in [-0.15, -0.1) is 24.8 Å². The number of rotatable bonds is 1. The van der Waals surface area contributed by atoms with Crippen molar-refractivity contribution >= 4 is 46.7 Å². The molecule has 0 bridgehead atoms. The van der Waals surface area contributed by atoms with Gasteiger partial charge < -0.3 is 10.2 Å². The van der Waals surface area contributed by atoms with Crippen LogP contribution in [0, 0.1) is 5.92 Å². The van der Waals surface area contributed by atoms with Crippen LogP contribution < -0.4 is 5.32 Å². The predicted molar refractivity (Wildman–Crippen MR) is 86.9 cm³/mol. The van der Waals surface area contributed by atoms with Crippen LogP contribution in [-0.4, -0.2) is 41.5 Å². The van der Waals surface area contributed by atoms with Crippen LogP contribution in [0.2, 0.25) is 0 Å². The summed E-state index contributed by atoms with van der Waals surface area (Å²) >= 11 is 3.36. The molecule has 112 valence electrons. The molecule has 1 N–H and O–H groups in total. The van der Waals surface area contributed by atoms with Crippen LogP contribution in [0.3, 0.4) is 0 Å². The smallest absolute Gasteiger partial charge is 0.255 e. The number of amides is 1. The van der Waals surface area contributed by atoms with Crippen LogP contribution in [-0.2, 0) is 0 Å². The summed E-state index contributed by atoms with van der Waals surface area (Å²) in [6, 6.07) is 2.46. The summed E-state index contributed by atoms with van der Waals surface area (Å²) in [6.45, 7) is 2.82. The van der Waals surface area contributed by atoms with Crippen LogP contribution in [0.4, 0.5) is 0 Å². The minimum Gasteiger partial charge on any atom is -0.338 e. The average Bonchev–Trinajstić information content (AvgIpc) is 2.85. The number of hydrogen-bond donors (Lipinski definition) is 1. The average molecular weight is 383 g/mol. The van der Waals surface area contributed by atoms with Gasteiger partial charge in [0.25, 0.3) is 5.91 Å². The zero-order valence-electron chi connectivity index (χ0n) is 10.9. The molecule has 2 aliphatic heterocycles. The Kier molecular flexibility index (Phi) is 6.72. The monoisotopic (exact) mass is 381 g/mol. The number of piperidine rings is 1. The predicted octanol–water partition coefficient (Wildman–Crippen LogP) is 2.51. The molecular weight excluding hydrogens is 365 g/mol. The molecule has 1 aromatic heterocycles. The van der Waals surface area contributed by atoms with Crippen molar-refractivity contribution < 1.29 is 4.79 Å². The summed E-state index contributed by atoms with van der Waals surface area (Å²) in [7, 11) is 0. The normalized spacial score (nSPS) is 24.4. The summed E-state index contributed by atoms with van der Waals surface area (Å²) in [5.41, 5.74) is 0.675. The van der Waals surface area contributed by atoms with E-state index >= 15 is 0 Å². The van der Waals surface area contributed by atoms with Gasteiger partial charge in [-0.2, -0.15) is 0 Å². The first kappa shape index (κ1) is 17.7. The van der Waals surface area contributed by atoms with Crippen LogP contribution in [0.5, 0.6) is 0 Å². The number of hydrogen-bond acceptors (Lipinski definition) is 3. The molecule has 4 nitrogen and oxygen atoms in total. The van der Waals surface area contributed by atoms with Crippen molar-refractivity contribution in [3.05, 3.63) is 28.5 Å². The zero-order chi connectivity index (χ0) is 12.5. The van der Waals surface area contributed by atoms with E-state index in [1.165, 1.54) is 6.42 Å². The molecule has 2 aliphatic rings. The van der Waals surface area contributed by atoms with E-state index in [0.29, 0.717) is 17.5 Å². The number of nitrogens with one attached hydrogen (secondary N) is 1. The van der Waals surface area contributed by atoms with Gasteiger partial charge in [-0.25, -0.2) is 0 Å². The number of carbonyl (C=O) groups excluding carboxylic acids is 1. The van der Waals surface area contributed by atoms with Gasteiger partial charge in [-0.3, -0.25) is 9.78 Å². The van der Waals surface area contributed by atoms with Crippen molar-refractivity contribution in [2.45, 2.75) is 18.9 Å². The van der Waals surface area contributed by atoms with Crippen LogP contribution in [0.15, 0.2) is 22.9 Å². The molecular formula is C13H18BrCl2N3O. The zero-order valence-corrected chi connectivity index (χ0v) is 14.1. The SMILES string of the molecule is Cl.Cl.O=C(c1cncc(Br)c1)N1CCC2NCCC2C1. The van der Waals surface area contributed by atoms with Crippen molar-refractivity contribution in [2.24, 2.45) is 5.92 Å². The van der Waals surface area contributed by atoms with E-state index < -0.39 is 0 Å². The molecule has 0 saturated carbocycles. The van der Waals surface area contributed by atoms with Crippen LogP contribution >= 0.6 is 40.7 Å². The van der Waals surface area contributed by atoms with E-state index in [-0.39, 0.29) is 30.7 Å². The lowest BCUT2D eigenvalue weighted by Gasteiger charge is -2.34. The molecule has 3 rings (SSSR count). The van der Waals surface area contributed by atoms with E-state index in [1.54, 1.807) is 12.4 Å². The Hall–Kier alpha value is -0.360. The molecule has 0 aromatic carbocycles. The van der Waals surface area contributed by atoms with Crippen molar-refractivity contribution in [3.8, 4) is 0 Å². The molecule has 2 saturated heterocycles. The molecule has 0 spiro atoms. The number of likely N-dealkylation sites (tertiary alicyclic amines) is 1. The molecule has 2 fully saturated rings. The Bertz CT molecular complexity index is 475. The number of nitrogens with zero attached hydrogens (tertiary/aromatic N) is 2. The third-order valence-electron chi connectivity index (χ3n) is 3.89. The highest BCUT2D eigenvalue weighted by atomic mass is 79.9. The van der Waals surface area contributed by atoms with Gasteiger partial charge in [0.2, 0.25) is 0 Å². The van der Waals surface area contributed by atoms with E-state index in [1.807, 2.05) is 11.0 Å². The lowest BCUT2D eigenvalue weighted by atomic mass is 9.93. The minimum absolute atomic E-state index is 0. The second-order valence-electron chi connectivity index (χ2n) is 5.04. The first-order chi connectivity index (χ1) is 8.74. The molecule has 3 heterocycles. The quantitative estimate of drug-likeness (QED) is 0.811. The highest BCUT2D eigenvalue weighted by Gasteiger charge is 2.34. The second kappa shape index (κ2) is 7.59. The molecule has 7 heteroatoms. The standard InChI is InChI=1S/C13H16BrN3O.2ClH/c14-11-5-10(6-15-7-11)13(18)17-4-2-12-9(8-17)1-3-16-12;;/h5-7,9,12,16H,1-4,8H2;2*1H. The number of fused-ring (bicyclic) bond motifs is 1. The van der Waals surface area contributed by atoms with Gasteiger partial charge in [0.05, 0.1) is 5.56 Å². The molecule has 1 aromatic rings. The Labute approximate surface area is 139 Å². The van der Waals surface area contributed by atoms with Crippen molar-refractivity contribution in [1.29, 1.82) is 0 Å². The maximum atomic E-state index is 12.4. The summed E-state index contributed by atoms with van der Waals surface area (Å²) in [5, 5.41) is 3.51. The number of halogens is 3. The third kappa shape index (κ3) is 3.64. The van der Waals surface area contributed by atoms with Crippen molar-refractivity contribution in [2.75, 3.05) is 19.6 Å². The second-order valence-corrected chi connectivity index (χ2v) is 5.96. The van der Waals surface area contributed by atoms with Crippen molar-refractivity contribution in [1.82, 2.24) is 15.2 Å². The van der Waals surface area contributed by atoms with E-state index in [2.05, 4.69) is 26.2 Å². The van der Waals surface area contributed by atoms with E-state index in [4.69, 9.17) is 0 Å². The number of aromatic nitrogens is 1. The summed E-state index contributed by atoms with van der Waals surface area (Å²) in [6.07, 6.45) is 5.60. The largest absolute Gasteiger partial charge is 0.338 e. The molecule has 0 aliphatic carbocycles. The summed E-state index contributed by atoms with van der Waals surface area (Å²) < 4.78 is 0.853. The first-order valence-electron chi connectivity index (χ1n) is 6.37. The molecule has 1 amide bonds. The lowest BCUT2D eigenvalue weighted by Crippen LogP contribution is -2.46. The van der Waals surface area contributed by atoms with Gasteiger partial charge in [-0.1, -0.05) is 0 Å². The Morgan fingerprint density at radius 3 is 2.90 bits per heavy atom. The minimum atomic E-state index is 0. The molecule has 20 heavy (non-hydrogen) atoms. The summed E-state index contributed by atoms with van der Waals surface area (Å²) in [5.74, 6) is 0.733. The highest BCUT2D eigenvalue weighted by Crippen LogP contribution is 2.25. The Morgan fingerprint density at radius 1 is 1.35 bits per heavy atom. The Morgan fingerprint density at radius 2 is 2.15 bits per heavy atom. The van der Waals surface area contributed by atoms with Gasteiger partial charge in [0.15, 0.2) is 0 Å². The summed E-state index contributed by atoms with van der Waals surface area (Å²) in [4.78, 5) is 18.4. The third-order valence-corrected chi connectivity index (χ3v) is 4.33. The lowest BCUT2D eigenvalue weighted by molar-refractivity contribution is 0.0661. The maximum absolute atomic E-state index is 12.4. The maximum Gasteiger partial charge on any atom is 0.255 e. The number of carbonyl (C=O) groups is 1. The van der Waals surface area contributed by atoms with E-state index in [0.717, 1.165) is 30.5 Å². The fourth-order valence-corrected chi connectivity index (χ4v) is 3.31. The first-order valence-corrected chi connectivity index (χ1v) is 7.16. The fraction of sp³-hybridized carbons (Fsp3) is 0.538. The molecule has 2 atom stereocenters. The van der Waals surface area contributed by atoms with E-state index in [9.17, 15) is 4.79 Å². The van der Waals surface area contributed by atoms with Crippen LogP contribution in [0.25, 0.3) is 0 Å². The Balaban J connectivity index is 0.000001000. The van der Waals surface area contributed by atoms with Crippen LogP contribution in [0.1, 0.15) is 23.2 Å². The van der Waals surface area contributed by atoms with Gasteiger partial charge >= 0.3 is 0 Å². The number of pyridine rings is 1. The van der Waals surface area contributed by atoms with Gasteiger partial charge in [0, 0.05) is 36.0 Å². The highest BCUT2D eigenvalue weighted by molar-refractivity contribution is 9.10. The topological polar surface area (TPSA) is 45.2 Å². The molecule has 2 unspecified atom stereocenters.